The Kier molecular flexibility index (Phi) is 3.05. The van der Waals surface area contributed by atoms with Gasteiger partial charge in [0.2, 0.25) is 0 Å². The van der Waals surface area contributed by atoms with Crippen molar-refractivity contribution in [3.8, 4) is 0 Å². The summed E-state index contributed by atoms with van der Waals surface area (Å²) in [5.74, 6) is 0. The maximum absolute atomic E-state index is 10.7. The summed E-state index contributed by atoms with van der Waals surface area (Å²) >= 11 is 0. The van der Waals surface area contributed by atoms with Gasteiger partial charge in [-0.25, -0.2) is 0 Å². The van der Waals surface area contributed by atoms with E-state index in [1.807, 2.05) is 6.07 Å². The van der Waals surface area contributed by atoms with E-state index >= 15 is 0 Å². The Labute approximate surface area is 93.8 Å². The third-order valence-electron chi connectivity index (χ3n) is 2.88. The van der Waals surface area contributed by atoms with Crippen molar-refractivity contribution < 1.29 is 9.66 Å². The van der Waals surface area contributed by atoms with Gasteiger partial charge in [-0.2, -0.15) is 0 Å². The Hall–Kier alpha value is -1.62. The van der Waals surface area contributed by atoms with Crippen molar-refractivity contribution in [3.63, 3.8) is 0 Å². The second-order valence-corrected chi connectivity index (χ2v) is 3.87. The lowest BCUT2D eigenvalue weighted by Crippen LogP contribution is -2.22. The normalized spacial score (nSPS) is 20.1. The maximum atomic E-state index is 10.7. The predicted molar refractivity (Wildman–Crippen MR) is 60.7 cm³/mol. The number of nitro benzene ring substituents is 1. The molecule has 1 aromatic carbocycles. The highest BCUT2D eigenvalue weighted by Crippen LogP contribution is 2.25. The number of ether oxygens (including phenoxy) is 1. The van der Waals surface area contributed by atoms with Crippen LogP contribution in [0.5, 0.6) is 0 Å². The average molecular weight is 222 g/mol. The minimum atomic E-state index is -0.368. The van der Waals surface area contributed by atoms with Gasteiger partial charge in [-0.05, 0) is 12.5 Å². The van der Waals surface area contributed by atoms with E-state index in [1.54, 1.807) is 19.2 Å². The molecule has 0 aliphatic carbocycles. The fraction of sp³-hybridized carbons (Fsp3) is 0.455. The zero-order valence-electron chi connectivity index (χ0n) is 9.13. The summed E-state index contributed by atoms with van der Waals surface area (Å²) in [6, 6.07) is 6.73. The standard InChI is InChI=1S/C11H14N2O3/c1-16-11-5-6-12(8-11)9-3-2-4-10(7-9)13(14)15/h2-4,7,11H,5-6,8H2,1H3/t11-/m1/s1. The van der Waals surface area contributed by atoms with E-state index in [0.29, 0.717) is 0 Å². The van der Waals surface area contributed by atoms with Gasteiger partial charge in [0.1, 0.15) is 0 Å². The van der Waals surface area contributed by atoms with Crippen LogP contribution in [-0.4, -0.2) is 31.2 Å². The van der Waals surface area contributed by atoms with Crippen LogP contribution >= 0.6 is 0 Å². The zero-order valence-corrected chi connectivity index (χ0v) is 9.13. The van der Waals surface area contributed by atoms with Gasteiger partial charge in [-0.3, -0.25) is 10.1 Å². The molecule has 0 unspecified atom stereocenters. The van der Waals surface area contributed by atoms with Gasteiger partial charge in [0.25, 0.3) is 5.69 Å². The first-order chi connectivity index (χ1) is 7.70. The molecule has 5 nitrogen and oxygen atoms in total. The van der Waals surface area contributed by atoms with E-state index in [2.05, 4.69) is 4.90 Å². The molecular formula is C11H14N2O3. The van der Waals surface area contributed by atoms with E-state index < -0.39 is 0 Å². The van der Waals surface area contributed by atoms with Crippen molar-refractivity contribution in [2.45, 2.75) is 12.5 Å². The van der Waals surface area contributed by atoms with Gasteiger partial charge in [0.05, 0.1) is 11.0 Å². The third kappa shape index (κ3) is 2.14. The van der Waals surface area contributed by atoms with Crippen LogP contribution in [0.15, 0.2) is 24.3 Å². The average Bonchev–Trinajstić information content (AvgIpc) is 2.77. The molecule has 1 saturated heterocycles. The topological polar surface area (TPSA) is 55.6 Å². The number of anilines is 1. The lowest BCUT2D eigenvalue weighted by atomic mass is 10.2. The van der Waals surface area contributed by atoms with E-state index in [-0.39, 0.29) is 16.7 Å². The molecule has 0 N–H and O–H groups in total. The van der Waals surface area contributed by atoms with Crippen molar-refractivity contribution >= 4 is 11.4 Å². The minimum absolute atomic E-state index is 0.137. The first kappa shape index (κ1) is 10.9. The highest BCUT2D eigenvalue weighted by Gasteiger charge is 2.23. The SMILES string of the molecule is CO[C@@H]1CCN(c2cccc([N+](=O)[O-])c2)C1. The number of rotatable bonds is 3. The lowest BCUT2D eigenvalue weighted by molar-refractivity contribution is -0.384. The molecule has 0 saturated carbocycles. The smallest absolute Gasteiger partial charge is 0.271 e. The van der Waals surface area contributed by atoms with E-state index in [1.165, 1.54) is 6.07 Å². The first-order valence-electron chi connectivity index (χ1n) is 5.23. The fourth-order valence-electron chi connectivity index (χ4n) is 1.96. The van der Waals surface area contributed by atoms with Crippen LogP contribution in [0.3, 0.4) is 0 Å². The Morgan fingerprint density at radius 2 is 2.38 bits per heavy atom. The predicted octanol–water partition coefficient (Wildman–Crippen LogP) is 1.82. The van der Waals surface area contributed by atoms with Gasteiger partial charge in [0, 0.05) is 38.0 Å². The van der Waals surface area contributed by atoms with Crippen LogP contribution in [0.2, 0.25) is 0 Å². The Morgan fingerprint density at radius 1 is 1.56 bits per heavy atom. The molecule has 0 spiro atoms. The van der Waals surface area contributed by atoms with E-state index in [0.717, 1.165) is 25.2 Å². The molecular weight excluding hydrogens is 208 g/mol. The Bertz CT molecular complexity index is 395. The number of nitrogens with zero attached hydrogens (tertiary/aromatic N) is 2. The Balaban J connectivity index is 2.15. The van der Waals surface area contributed by atoms with E-state index in [4.69, 9.17) is 4.74 Å². The summed E-state index contributed by atoms with van der Waals surface area (Å²) in [6.07, 6.45) is 1.21. The van der Waals surface area contributed by atoms with Crippen molar-refractivity contribution in [3.05, 3.63) is 34.4 Å². The van der Waals surface area contributed by atoms with Crippen molar-refractivity contribution in [1.29, 1.82) is 0 Å². The quantitative estimate of drug-likeness (QED) is 0.578. The molecule has 1 aliphatic rings. The molecule has 1 atom stereocenters. The Morgan fingerprint density at radius 3 is 3.00 bits per heavy atom. The maximum Gasteiger partial charge on any atom is 0.271 e. The van der Waals surface area contributed by atoms with Gasteiger partial charge < -0.3 is 9.64 Å². The second kappa shape index (κ2) is 4.49. The van der Waals surface area contributed by atoms with E-state index in [9.17, 15) is 10.1 Å². The summed E-state index contributed by atoms with van der Waals surface area (Å²) in [7, 11) is 1.70. The summed E-state index contributed by atoms with van der Waals surface area (Å²) in [5.41, 5.74) is 1.03. The summed E-state index contributed by atoms with van der Waals surface area (Å²) in [6.45, 7) is 1.69. The summed E-state index contributed by atoms with van der Waals surface area (Å²) in [4.78, 5) is 12.4. The largest absolute Gasteiger partial charge is 0.380 e. The highest BCUT2D eigenvalue weighted by molar-refractivity contribution is 5.53. The molecule has 0 radical (unpaired) electrons. The van der Waals surface area contributed by atoms with Crippen LogP contribution in [0, 0.1) is 10.1 Å². The van der Waals surface area contributed by atoms with Gasteiger partial charge in [-0.1, -0.05) is 6.07 Å². The molecule has 1 aliphatic heterocycles. The first-order valence-corrected chi connectivity index (χ1v) is 5.23. The van der Waals surface area contributed by atoms with Crippen LogP contribution in [-0.2, 0) is 4.74 Å². The van der Waals surface area contributed by atoms with Crippen molar-refractivity contribution in [2.24, 2.45) is 0 Å². The number of hydrogen-bond donors (Lipinski definition) is 0. The molecule has 16 heavy (non-hydrogen) atoms. The number of nitro groups is 1. The molecule has 1 fully saturated rings. The van der Waals surface area contributed by atoms with Crippen molar-refractivity contribution in [2.75, 3.05) is 25.1 Å². The highest BCUT2D eigenvalue weighted by atomic mass is 16.6. The number of benzene rings is 1. The van der Waals surface area contributed by atoms with Crippen LogP contribution < -0.4 is 4.90 Å². The number of non-ortho nitro benzene ring substituents is 1. The molecule has 0 amide bonds. The van der Waals surface area contributed by atoms with Gasteiger partial charge in [-0.15, -0.1) is 0 Å². The number of hydrogen-bond acceptors (Lipinski definition) is 4. The summed E-state index contributed by atoms with van der Waals surface area (Å²) in [5, 5.41) is 10.7. The van der Waals surface area contributed by atoms with Crippen LogP contribution in [0.1, 0.15) is 6.42 Å². The van der Waals surface area contributed by atoms with Gasteiger partial charge >= 0.3 is 0 Å². The van der Waals surface area contributed by atoms with Crippen molar-refractivity contribution in [1.82, 2.24) is 0 Å². The number of methoxy groups -OCH3 is 1. The third-order valence-corrected chi connectivity index (χ3v) is 2.88. The molecule has 5 heteroatoms. The molecule has 0 aromatic heterocycles. The van der Waals surface area contributed by atoms with Crippen LogP contribution in [0.25, 0.3) is 0 Å². The molecule has 2 rings (SSSR count). The molecule has 1 aromatic rings. The second-order valence-electron chi connectivity index (χ2n) is 3.87. The minimum Gasteiger partial charge on any atom is -0.380 e. The van der Waals surface area contributed by atoms with Crippen LogP contribution in [0.4, 0.5) is 11.4 Å². The summed E-state index contributed by atoms with van der Waals surface area (Å²) < 4.78 is 5.27. The van der Waals surface area contributed by atoms with Gasteiger partial charge in [0.15, 0.2) is 0 Å². The molecule has 0 bridgehead atoms. The monoisotopic (exact) mass is 222 g/mol. The molecule has 86 valence electrons. The fourth-order valence-corrected chi connectivity index (χ4v) is 1.96. The molecule has 1 heterocycles. The zero-order chi connectivity index (χ0) is 11.5. The lowest BCUT2D eigenvalue weighted by Gasteiger charge is -2.17.